The summed E-state index contributed by atoms with van der Waals surface area (Å²) in [5.74, 6) is 6.33. The maximum atomic E-state index is 5.54. The largest absolute Gasteiger partial charge is 0.537 e. The summed E-state index contributed by atoms with van der Waals surface area (Å²) < 4.78 is 16.6. The van der Waals surface area contributed by atoms with E-state index >= 15 is 0 Å². The molecule has 0 atom stereocenters. The van der Waals surface area contributed by atoms with Crippen LogP contribution in [-0.4, -0.2) is 30.1 Å². The molecule has 2 aromatic carbocycles. The molecule has 2 rings (SSSR count). The molecule has 21 heavy (non-hydrogen) atoms. The molecule has 108 valence electrons. The van der Waals surface area contributed by atoms with Gasteiger partial charge in [0.05, 0.1) is 0 Å². The van der Waals surface area contributed by atoms with Crippen molar-refractivity contribution in [2.75, 3.05) is 21.3 Å². The number of hydrogen-bond acceptors (Lipinski definition) is 3. The fraction of sp³-hybridized carbons (Fsp3) is 0.176. The molecular weight excluding hydrogens is 280 g/mol. The SMILES string of the molecule is CO[Si](OC)(OC)c1ccccc1C#Cc1ccccc1. The summed E-state index contributed by atoms with van der Waals surface area (Å²) >= 11 is 0. The van der Waals surface area contributed by atoms with E-state index in [2.05, 4.69) is 11.8 Å². The van der Waals surface area contributed by atoms with E-state index in [0.717, 1.165) is 16.3 Å². The third kappa shape index (κ3) is 3.41. The second-order valence-corrected chi connectivity index (χ2v) is 7.21. The molecule has 4 heteroatoms. The third-order valence-electron chi connectivity index (χ3n) is 3.18. The van der Waals surface area contributed by atoms with Crippen LogP contribution in [0.15, 0.2) is 54.6 Å². The van der Waals surface area contributed by atoms with Crippen LogP contribution in [0.2, 0.25) is 0 Å². The zero-order valence-electron chi connectivity index (χ0n) is 12.4. The van der Waals surface area contributed by atoms with Crippen molar-refractivity contribution in [3.63, 3.8) is 0 Å². The Hall–Kier alpha value is -1.90. The van der Waals surface area contributed by atoms with Gasteiger partial charge in [0.25, 0.3) is 0 Å². The van der Waals surface area contributed by atoms with Crippen LogP contribution >= 0.6 is 0 Å². The molecule has 0 saturated carbocycles. The van der Waals surface area contributed by atoms with Crippen molar-refractivity contribution in [1.29, 1.82) is 0 Å². The van der Waals surface area contributed by atoms with Gasteiger partial charge < -0.3 is 13.3 Å². The standard InChI is InChI=1S/C17H18O3Si/c1-18-21(19-2,20-3)17-12-8-7-11-16(17)14-13-15-9-5-4-6-10-15/h4-12H,1-3H3. The van der Waals surface area contributed by atoms with Crippen LogP contribution < -0.4 is 5.19 Å². The molecule has 0 aliphatic carbocycles. The molecular formula is C17H18O3Si. The van der Waals surface area contributed by atoms with Gasteiger partial charge in [0, 0.05) is 37.6 Å². The Morgan fingerprint density at radius 3 is 1.90 bits per heavy atom. The quantitative estimate of drug-likeness (QED) is 0.639. The Kier molecular flexibility index (Phi) is 5.31. The van der Waals surface area contributed by atoms with E-state index in [4.69, 9.17) is 13.3 Å². The van der Waals surface area contributed by atoms with Gasteiger partial charge in [-0.15, -0.1) is 0 Å². The van der Waals surface area contributed by atoms with Gasteiger partial charge in [-0.1, -0.05) is 48.2 Å². The average molecular weight is 298 g/mol. The van der Waals surface area contributed by atoms with Gasteiger partial charge in [0.1, 0.15) is 0 Å². The highest BCUT2D eigenvalue weighted by atomic mass is 28.4. The third-order valence-corrected chi connectivity index (χ3v) is 5.89. The normalized spacial score (nSPS) is 10.8. The van der Waals surface area contributed by atoms with Crippen LogP contribution in [0, 0.1) is 11.8 Å². The molecule has 0 radical (unpaired) electrons. The summed E-state index contributed by atoms with van der Waals surface area (Å²) in [7, 11) is 1.91. The Morgan fingerprint density at radius 1 is 0.714 bits per heavy atom. The van der Waals surface area contributed by atoms with Crippen LogP contribution in [0.1, 0.15) is 11.1 Å². The van der Waals surface area contributed by atoms with Crippen LogP contribution in [0.5, 0.6) is 0 Å². The summed E-state index contributed by atoms with van der Waals surface area (Å²) in [4.78, 5) is 0. The van der Waals surface area contributed by atoms with Gasteiger partial charge in [-0.25, -0.2) is 0 Å². The van der Waals surface area contributed by atoms with Gasteiger partial charge in [-0.05, 0) is 18.2 Å². The smallest absolute Gasteiger partial charge is 0.373 e. The van der Waals surface area contributed by atoms with Crippen molar-refractivity contribution in [3.05, 3.63) is 65.7 Å². The van der Waals surface area contributed by atoms with E-state index in [0.29, 0.717) is 0 Å². The van der Waals surface area contributed by atoms with Gasteiger partial charge in [-0.3, -0.25) is 0 Å². The minimum atomic E-state index is -2.88. The molecule has 0 saturated heterocycles. The molecule has 0 aliphatic rings. The van der Waals surface area contributed by atoms with Crippen molar-refractivity contribution in [1.82, 2.24) is 0 Å². The first kappa shape index (κ1) is 15.5. The lowest BCUT2D eigenvalue weighted by Gasteiger charge is -2.25. The molecule has 0 spiro atoms. The predicted molar refractivity (Wildman–Crippen MR) is 85.3 cm³/mol. The summed E-state index contributed by atoms with van der Waals surface area (Å²) in [6.07, 6.45) is 0. The first-order valence-electron chi connectivity index (χ1n) is 6.58. The maximum Gasteiger partial charge on any atom is 0.537 e. The van der Waals surface area contributed by atoms with Crippen LogP contribution in [-0.2, 0) is 13.3 Å². The van der Waals surface area contributed by atoms with Crippen LogP contribution in [0.3, 0.4) is 0 Å². The van der Waals surface area contributed by atoms with E-state index in [9.17, 15) is 0 Å². The highest BCUT2D eigenvalue weighted by Crippen LogP contribution is 2.10. The van der Waals surface area contributed by atoms with Gasteiger partial charge in [0.15, 0.2) is 0 Å². The lowest BCUT2D eigenvalue weighted by atomic mass is 10.2. The maximum absolute atomic E-state index is 5.54. The second-order valence-electron chi connectivity index (χ2n) is 4.33. The average Bonchev–Trinajstić information content (AvgIpc) is 2.57. The Bertz CT molecular complexity index is 632. The van der Waals surface area contributed by atoms with Crippen molar-refractivity contribution < 1.29 is 13.3 Å². The van der Waals surface area contributed by atoms with E-state index in [-0.39, 0.29) is 0 Å². The Labute approximate surface area is 126 Å². The Balaban J connectivity index is 2.45. The predicted octanol–water partition coefficient (Wildman–Crippen LogP) is 2.17. The molecule has 0 amide bonds. The lowest BCUT2D eigenvalue weighted by molar-refractivity contribution is 0.140. The summed E-state index contributed by atoms with van der Waals surface area (Å²) in [6.45, 7) is 0. The van der Waals surface area contributed by atoms with Crippen LogP contribution in [0.4, 0.5) is 0 Å². The molecule has 0 aliphatic heterocycles. The minimum Gasteiger partial charge on any atom is -0.373 e. The fourth-order valence-electron chi connectivity index (χ4n) is 2.10. The molecule has 3 nitrogen and oxygen atoms in total. The van der Waals surface area contributed by atoms with Gasteiger partial charge in [-0.2, -0.15) is 0 Å². The fourth-order valence-corrected chi connectivity index (χ4v) is 4.04. The summed E-state index contributed by atoms with van der Waals surface area (Å²) in [6, 6.07) is 17.6. The lowest BCUT2D eigenvalue weighted by Crippen LogP contribution is -2.55. The molecule has 0 aromatic heterocycles. The minimum absolute atomic E-state index is 0.860. The molecule has 0 fully saturated rings. The highest BCUT2D eigenvalue weighted by Gasteiger charge is 2.42. The highest BCUT2D eigenvalue weighted by molar-refractivity contribution is 6.75. The van der Waals surface area contributed by atoms with Crippen molar-refractivity contribution in [2.45, 2.75) is 0 Å². The first-order chi connectivity index (χ1) is 10.3. The van der Waals surface area contributed by atoms with Crippen molar-refractivity contribution >= 4 is 14.0 Å². The van der Waals surface area contributed by atoms with Gasteiger partial charge >= 0.3 is 8.80 Å². The van der Waals surface area contributed by atoms with E-state index in [1.807, 2.05) is 54.6 Å². The molecule has 0 unspecified atom stereocenters. The van der Waals surface area contributed by atoms with Gasteiger partial charge in [0.2, 0.25) is 0 Å². The topological polar surface area (TPSA) is 27.7 Å². The number of hydrogen-bond donors (Lipinski definition) is 0. The number of rotatable bonds is 4. The van der Waals surface area contributed by atoms with Crippen molar-refractivity contribution in [2.24, 2.45) is 0 Å². The van der Waals surface area contributed by atoms with E-state index < -0.39 is 8.80 Å². The Morgan fingerprint density at radius 2 is 1.29 bits per heavy atom. The molecule has 0 N–H and O–H groups in total. The van der Waals surface area contributed by atoms with E-state index in [1.54, 1.807) is 21.3 Å². The second kappa shape index (κ2) is 7.20. The van der Waals surface area contributed by atoms with Crippen LogP contribution in [0.25, 0.3) is 0 Å². The molecule has 0 bridgehead atoms. The summed E-state index contributed by atoms with van der Waals surface area (Å²) in [5.41, 5.74) is 1.82. The molecule has 2 aromatic rings. The molecule has 0 heterocycles. The zero-order valence-corrected chi connectivity index (χ0v) is 13.4. The van der Waals surface area contributed by atoms with Crippen molar-refractivity contribution in [3.8, 4) is 11.8 Å². The first-order valence-corrected chi connectivity index (χ1v) is 8.30. The number of benzene rings is 2. The van der Waals surface area contributed by atoms with E-state index in [1.165, 1.54) is 0 Å². The zero-order chi connectivity index (χ0) is 15.1. The summed E-state index contributed by atoms with van der Waals surface area (Å²) in [5, 5.41) is 0.876. The monoisotopic (exact) mass is 298 g/mol.